The molecule has 0 saturated carbocycles. The highest BCUT2D eigenvalue weighted by Gasteiger charge is 2.35. The molecular weight excluding hydrogens is 280 g/mol. The molecule has 0 spiro atoms. The number of hydrogen-bond donors (Lipinski definition) is 2. The van der Waals surface area contributed by atoms with Gasteiger partial charge in [0.2, 0.25) is 5.91 Å². The van der Waals surface area contributed by atoms with Gasteiger partial charge in [0.15, 0.2) is 0 Å². The van der Waals surface area contributed by atoms with Crippen LogP contribution < -0.4 is 10.9 Å². The number of carbonyl (C=O) groups excluding carboxylic acids is 3. The second-order valence-corrected chi connectivity index (χ2v) is 4.39. The Morgan fingerprint density at radius 2 is 2.19 bits per heavy atom. The van der Waals surface area contributed by atoms with Gasteiger partial charge in [0.1, 0.15) is 11.7 Å². The predicted octanol–water partition coefficient (Wildman–Crippen LogP) is -1.73. The Morgan fingerprint density at radius 1 is 1.43 bits per heavy atom. The monoisotopic (exact) mass is 294 g/mol. The smallest absolute Gasteiger partial charge is 0.308 e. The SMILES string of the molecule is COC(=O)CC1C(=O)NCCN1C(=O)c1ccc(=O)[nH]n1. The summed E-state index contributed by atoms with van der Waals surface area (Å²) in [5.74, 6) is -1.55. The number of aromatic amines is 1. The van der Waals surface area contributed by atoms with Crippen LogP contribution in [0.4, 0.5) is 0 Å². The maximum absolute atomic E-state index is 12.3. The van der Waals surface area contributed by atoms with Crippen LogP contribution in [0.2, 0.25) is 0 Å². The molecule has 1 aliphatic rings. The maximum atomic E-state index is 12.3. The zero-order valence-electron chi connectivity index (χ0n) is 11.3. The van der Waals surface area contributed by atoms with Crippen LogP contribution in [0.1, 0.15) is 16.9 Å². The summed E-state index contributed by atoms with van der Waals surface area (Å²) in [6, 6.07) is 1.48. The molecule has 1 unspecified atom stereocenters. The topological polar surface area (TPSA) is 121 Å². The third-order valence-electron chi connectivity index (χ3n) is 3.08. The van der Waals surface area contributed by atoms with Crippen molar-refractivity contribution in [3.63, 3.8) is 0 Å². The van der Waals surface area contributed by atoms with Gasteiger partial charge in [-0.3, -0.25) is 19.2 Å². The van der Waals surface area contributed by atoms with Crippen molar-refractivity contribution in [2.75, 3.05) is 20.2 Å². The molecule has 2 N–H and O–H groups in total. The van der Waals surface area contributed by atoms with Crippen LogP contribution in [0.25, 0.3) is 0 Å². The van der Waals surface area contributed by atoms with Crippen LogP contribution in [-0.4, -0.2) is 59.1 Å². The van der Waals surface area contributed by atoms with E-state index in [2.05, 4.69) is 20.3 Å². The number of piperazine rings is 1. The highest BCUT2D eigenvalue weighted by Crippen LogP contribution is 2.13. The first kappa shape index (κ1) is 14.7. The van der Waals surface area contributed by atoms with Crippen molar-refractivity contribution >= 4 is 17.8 Å². The zero-order valence-corrected chi connectivity index (χ0v) is 11.3. The summed E-state index contributed by atoms with van der Waals surface area (Å²) in [7, 11) is 1.21. The molecule has 2 heterocycles. The van der Waals surface area contributed by atoms with Crippen LogP contribution in [-0.2, 0) is 14.3 Å². The fourth-order valence-electron chi connectivity index (χ4n) is 2.01. The largest absolute Gasteiger partial charge is 0.469 e. The van der Waals surface area contributed by atoms with Gasteiger partial charge in [-0.15, -0.1) is 0 Å². The van der Waals surface area contributed by atoms with Gasteiger partial charge < -0.3 is 15.0 Å². The van der Waals surface area contributed by atoms with Crippen LogP contribution in [0.3, 0.4) is 0 Å². The molecule has 1 fully saturated rings. The minimum atomic E-state index is -0.951. The van der Waals surface area contributed by atoms with Gasteiger partial charge in [-0.25, -0.2) is 5.10 Å². The molecule has 0 bridgehead atoms. The van der Waals surface area contributed by atoms with Crippen molar-refractivity contribution in [1.29, 1.82) is 0 Å². The molecule has 2 amide bonds. The average molecular weight is 294 g/mol. The van der Waals surface area contributed by atoms with Crippen LogP contribution >= 0.6 is 0 Å². The number of aromatic nitrogens is 2. The van der Waals surface area contributed by atoms with E-state index < -0.39 is 29.4 Å². The van der Waals surface area contributed by atoms with E-state index in [-0.39, 0.29) is 25.2 Å². The number of nitrogens with one attached hydrogen (secondary N) is 2. The molecule has 0 aromatic carbocycles. The number of nitrogens with zero attached hydrogens (tertiary/aromatic N) is 2. The number of carbonyl (C=O) groups is 3. The summed E-state index contributed by atoms with van der Waals surface area (Å²) in [5, 5.41) is 8.38. The van der Waals surface area contributed by atoms with Gasteiger partial charge in [0.05, 0.1) is 13.5 Å². The van der Waals surface area contributed by atoms with Crippen molar-refractivity contribution in [1.82, 2.24) is 20.4 Å². The van der Waals surface area contributed by atoms with E-state index in [9.17, 15) is 19.2 Å². The van der Waals surface area contributed by atoms with Gasteiger partial charge in [0, 0.05) is 19.2 Å². The third kappa shape index (κ3) is 3.25. The number of rotatable bonds is 3. The molecule has 9 heteroatoms. The van der Waals surface area contributed by atoms with E-state index in [1.54, 1.807) is 0 Å². The van der Waals surface area contributed by atoms with Gasteiger partial charge in [-0.05, 0) is 6.07 Å². The van der Waals surface area contributed by atoms with Gasteiger partial charge in [-0.1, -0.05) is 0 Å². The highest BCUT2D eigenvalue weighted by atomic mass is 16.5. The first-order valence-electron chi connectivity index (χ1n) is 6.24. The van der Waals surface area contributed by atoms with E-state index in [1.807, 2.05) is 0 Å². The fourth-order valence-corrected chi connectivity index (χ4v) is 2.01. The minimum absolute atomic E-state index is 0.000772. The van der Waals surface area contributed by atoms with Gasteiger partial charge >= 0.3 is 5.97 Å². The molecule has 1 aliphatic heterocycles. The maximum Gasteiger partial charge on any atom is 0.308 e. The number of ether oxygens (including phenoxy) is 1. The van der Waals surface area contributed by atoms with Crippen LogP contribution in [0.5, 0.6) is 0 Å². The molecule has 0 aliphatic carbocycles. The molecule has 1 aromatic heterocycles. The Balaban J connectivity index is 2.23. The average Bonchev–Trinajstić information content (AvgIpc) is 2.49. The van der Waals surface area contributed by atoms with Crippen molar-refractivity contribution in [3.8, 4) is 0 Å². The van der Waals surface area contributed by atoms with Crippen LogP contribution in [0, 0.1) is 0 Å². The Labute approximate surface area is 119 Å². The quantitative estimate of drug-likeness (QED) is 0.639. The number of methoxy groups -OCH3 is 1. The zero-order chi connectivity index (χ0) is 15.4. The molecule has 2 rings (SSSR count). The summed E-state index contributed by atoms with van der Waals surface area (Å²) >= 11 is 0. The van der Waals surface area contributed by atoms with E-state index in [0.717, 1.165) is 0 Å². The summed E-state index contributed by atoms with van der Waals surface area (Å²) in [4.78, 5) is 47.8. The molecule has 1 aromatic rings. The number of hydrogen-bond acceptors (Lipinski definition) is 6. The molecule has 1 saturated heterocycles. The lowest BCUT2D eigenvalue weighted by atomic mass is 10.1. The molecule has 1 atom stereocenters. The molecule has 21 heavy (non-hydrogen) atoms. The highest BCUT2D eigenvalue weighted by molar-refractivity contribution is 5.98. The molecule has 112 valence electrons. The Kier molecular flexibility index (Phi) is 4.31. The molecule has 0 radical (unpaired) electrons. The van der Waals surface area contributed by atoms with E-state index in [4.69, 9.17) is 0 Å². The van der Waals surface area contributed by atoms with Crippen LogP contribution in [0.15, 0.2) is 16.9 Å². The number of amides is 2. The summed E-state index contributed by atoms with van der Waals surface area (Å²) in [6.07, 6.45) is -0.239. The summed E-state index contributed by atoms with van der Waals surface area (Å²) in [5.41, 5.74) is -0.437. The Hall–Kier alpha value is -2.71. The third-order valence-corrected chi connectivity index (χ3v) is 3.08. The van der Waals surface area contributed by atoms with Crippen molar-refractivity contribution in [2.45, 2.75) is 12.5 Å². The Bertz CT molecular complexity index is 606. The predicted molar refractivity (Wildman–Crippen MR) is 69.3 cm³/mol. The molecular formula is C12H14N4O5. The second kappa shape index (κ2) is 6.16. The van der Waals surface area contributed by atoms with Gasteiger partial charge in [-0.2, -0.15) is 5.10 Å². The first-order chi connectivity index (χ1) is 10.0. The second-order valence-electron chi connectivity index (χ2n) is 4.39. The van der Waals surface area contributed by atoms with E-state index in [0.29, 0.717) is 0 Å². The summed E-state index contributed by atoms with van der Waals surface area (Å²) in [6.45, 7) is 0.526. The standard InChI is InChI=1S/C12H14N4O5/c1-21-10(18)6-8-11(19)13-4-5-16(8)12(20)7-2-3-9(17)15-14-7/h2-3,8H,4-6H2,1H3,(H,13,19)(H,15,17). The minimum Gasteiger partial charge on any atom is -0.469 e. The molecule has 9 nitrogen and oxygen atoms in total. The lowest BCUT2D eigenvalue weighted by molar-refractivity contribution is -0.145. The van der Waals surface area contributed by atoms with Gasteiger partial charge in [0.25, 0.3) is 11.5 Å². The normalized spacial score (nSPS) is 18.0. The number of esters is 1. The van der Waals surface area contributed by atoms with E-state index in [1.165, 1.54) is 24.1 Å². The summed E-state index contributed by atoms with van der Waals surface area (Å²) < 4.78 is 4.53. The Morgan fingerprint density at radius 3 is 2.81 bits per heavy atom. The lowest BCUT2D eigenvalue weighted by Crippen LogP contribution is -2.58. The van der Waals surface area contributed by atoms with Crippen molar-refractivity contribution < 1.29 is 19.1 Å². The van der Waals surface area contributed by atoms with Crippen molar-refractivity contribution in [3.05, 3.63) is 28.2 Å². The van der Waals surface area contributed by atoms with E-state index >= 15 is 0 Å². The number of H-pyrrole nitrogens is 1. The first-order valence-corrected chi connectivity index (χ1v) is 6.24. The fraction of sp³-hybridized carbons (Fsp3) is 0.417. The van der Waals surface area contributed by atoms with Crippen molar-refractivity contribution in [2.24, 2.45) is 0 Å². The lowest BCUT2D eigenvalue weighted by Gasteiger charge is -2.34.